The van der Waals surface area contributed by atoms with Gasteiger partial charge in [-0.05, 0) is 28.8 Å². The van der Waals surface area contributed by atoms with E-state index in [2.05, 4.69) is 22.1 Å². The maximum Gasteiger partial charge on any atom is 0.220 e. The molecule has 18 heavy (non-hydrogen) atoms. The molecule has 1 heterocycles. The molecule has 0 aliphatic heterocycles. The third-order valence-electron chi connectivity index (χ3n) is 2.33. The molecule has 0 atom stereocenters. The van der Waals surface area contributed by atoms with Crippen molar-refractivity contribution in [2.24, 2.45) is 0 Å². The van der Waals surface area contributed by atoms with E-state index >= 15 is 0 Å². The van der Waals surface area contributed by atoms with Gasteiger partial charge in [0.15, 0.2) is 0 Å². The monoisotopic (exact) mass is 292 g/mol. The summed E-state index contributed by atoms with van der Waals surface area (Å²) in [6, 6.07) is 2.06. The summed E-state index contributed by atoms with van der Waals surface area (Å²) in [6.45, 7) is 2.98. The third kappa shape index (κ3) is 8.47. The molecule has 0 radical (unpaired) electrons. The van der Waals surface area contributed by atoms with Gasteiger partial charge in [0.1, 0.15) is 0 Å². The Morgan fingerprint density at radius 2 is 2.22 bits per heavy atom. The molecule has 0 fully saturated rings. The Labute approximate surface area is 119 Å². The highest BCUT2D eigenvalue weighted by molar-refractivity contribution is 7.07. The van der Waals surface area contributed by atoms with Crippen molar-refractivity contribution < 1.29 is 9.53 Å². The number of carbonyl (C=O) groups excluding carboxylic acids is 1. The number of methoxy groups -OCH3 is 1. The number of ether oxygens (including phenoxy) is 1. The molecule has 0 aromatic carbocycles. The van der Waals surface area contributed by atoms with Crippen molar-refractivity contribution in [3.63, 3.8) is 0 Å². The Hall–Kier alpha value is -0.620. The summed E-state index contributed by atoms with van der Waals surface area (Å²) in [7, 11) is 1.67. The Morgan fingerprint density at radius 3 is 2.89 bits per heavy atom. The highest BCUT2D eigenvalue weighted by atomic mass is 35.5. The van der Waals surface area contributed by atoms with E-state index < -0.39 is 0 Å². The number of nitrogens with one attached hydrogen (secondary N) is 2. The van der Waals surface area contributed by atoms with Gasteiger partial charge in [0.25, 0.3) is 0 Å². The average molecular weight is 293 g/mol. The predicted octanol–water partition coefficient (Wildman–Crippen LogP) is 1.45. The average Bonchev–Trinajstić information content (AvgIpc) is 2.84. The van der Waals surface area contributed by atoms with Gasteiger partial charge in [-0.25, -0.2) is 0 Å². The maximum absolute atomic E-state index is 11.5. The predicted molar refractivity (Wildman–Crippen MR) is 77.6 cm³/mol. The molecule has 0 spiro atoms. The first-order chi connectivity index (χ1) is 8.33. The molecule has 104 valence electrons. The van der Waals surface area contributed by atoms with Crippen LogP contribution in [0.3, 0.4) is 0 Å². The number of thiophene rings is 1. The molecule has 1 amide bonds. The van der Waals surface area contributed by atoms with Crippen LogP contribution in [0.25, 0.3) is 0 Å². The van der Waals surface area contributed by atoms with Crippen LogP contribution < -0.4 is 10.6 Å². The summed E-state index contributed by atoms with van der Waals surface area (Å²) in [5, 5.41) is 10.2. The van der Waals surface area contributed by atoms with E-state index in [1.54, 1.807) is 18.4 Å². The second kappa shape index (κ2) is 11.5. The molecule has 0 unspecified atom stereocenters. The number of aryl methyl sites for hydroxylation is 1. The fourth-order valence-electron chi connectivity index (χ4n) is 1.37. The van der Waals surface area contributed by atoms with E-state index in [-0.39, 0.29) is 18.3 Å². The lowest BCUT2D eigenvalue weighted by Crippen LogP contribution is -2.33. The van der Waals surface area contributed by atoms with Gasteiger partial charge in [-0.15, -0.1) is 12.4 Å². The Morgan fingerprint density at radius 1 is 1.39 bits per heavy atom. The van der Waals surface area contributed by atoms with E-state index in [1.807, 2.05) is 5.38 Å². The fourth-order valence-corrected chi connectivity index (χ4v) is 2.07. The first-order valence-electron chi connectivity index (χ1n) is 5.80. The molecule has 1 aromatic rings. The number of amides is 1. The zero-order chi connectivity index (χ0) is 12.3. The number of rotatable bonds is 9. The van der Waals surface area contributed by atoms with Crippen molar-refractivity contribution in [1.29, 1.82) is 0 Å². The van der Waals surface area contributed by atoms with Gasteiger partial charge in [-0.1, -0.05) is 0 Å². The molecular formula is C12H21ClN2O2S. The minimum Gasteiger partial charge on any atom is -0.383 e. The van der Waals surface area contributed by atoms with Crippen LogP contribution in [0.5, 0.6) is 0 Å². The summed E-state index contributed by atoms with van der Waals surface area (Å²) >= 11 is 1.67. The third-order valence-corrected chi connectivity index (χ3v) is 3.06. The molecule has 2 N–H and O–H groups in total. The Balaban J connectivity index is 0.00000289. The molecule has 1 rings (SSSR count). The lowest BCUT2D eigenvalue weighted by Gasteiger charge is -2.06. The Kier molecular flexibility index (Phi) is 11.1. The van der Waals surface area contributed by atoms with E-state index in [1.165, 1.54) is 5.56 Å². The summed E-state index contributed by atoms with van der Waals surface area (Å²) in [6.07, 6.45) is 1.39. The van der Waals surface area contributed by atoms with Crippen molar-refractivity contribution in [2.45, 2.75) is 12.8 Å². The molecule has 0 aliphatic carbocycles. The largest absolute Gasteiger partial charge is 0.383 e. The molecule has 0 saturated heterocycles. The topological polar surface area (TPSA) is 50.4 Å². The van der Waals surface area contributed by atoms with Gasteiger partial charge < -0.3 is 15.4 Å². The van der Waals surface area contributed by atoms with Crippen molar-refractivity contribution in [3.8, 4) is 0 Å². The Bertz CT molecular complexity index is 307. The number of carbonyl (C=O) groups is 1. The SMILES string of the molecule is COCCNCCNC(=O)CCc1ccsc1.Cl. The van der Waals surface area contributed by atoms with Crippen molar-refractivity contribution in [2.75, 3.05) is 33.4 Å². The standard InChI is InChI=1S/C12H20N2O2S.ClH/c1-16-8-7-13-5-6-14-12(15)3-2-11-4-9-17-10-11;/h4,9-10,13H,2-3,5-8H2,1H3,(H,14,15);1H. The highest BCUT2D eigenvalue weighted by Gasteiger charge is 2.01. The lowest BCUT2D eigenvalue weighted by atomic mass is 10.2. The number of halogens is 1. The van der Waals surface area contributed by atoms with Crippen molar-refractivity contribution in [3.05, 3.63) is 22.4 Å². The van der Waals surface area contributed by atoms with Gasteiger partial charge in [0.05, 0.1) is 6.61 Å². The highest BCUT2D eigenvalue weighted by Crippen LogP contribution is 2.07. The molecule has 4 nitrogen and oxygen atoms in total. The van der Waals surface area contributed by atoms with Crippen molar-refractivity contribution >= 4 is 29.7 Å². The van der Waals surface area contributed by atoms with Crippen LogP contribution in [-0.2, 0) is 16.0 Å². The summed E-state index contributed by atoms with van der Waals surface area (Å²) in [4.78, 5) is 11.5. The van der Waals surface area contributed by atoms with Gasteiger partial charge in [0, 0.05) is 33.2 Å². The molecule has 0 bridgehead atoms. The summed E-state index contributed by atoms with van der Waals surface area (Å²) in [5.74, 6) is 0.116. The van der Waals surface area contributed by atoms with Crippen LogP contribution in [0.4, 0.5) is 0 Å². The van der Waals surface area contributed by atoms with E-state index in [0.717, 1.165) is 19.5 Å². The van der Waals surface area contributed by atoms with E-state index in [0.29, 0.717) is 19.6 Å². The summed E-state index contributed by atoms with van der Waals surface area (Å²) in [5.41, 5.74) is 1.24. The summed E-state index contributed by atoms with van der Waals surface area (Å²) < 4.78 is 4.90. The van der Waals surface area contributed by atoms with Crippen LogP contribution in [0.15, 0.2) is 16.8 Å². The van der Waals surface area contributed by atoms with Crippen LogP contribution >= 0.6 is 23.7 Å². The van der Waals surface area contributed by atoms with Crippen LogP contribution in [0.2, 0.25) is 0 Å². The molecule has 0 saturated carbocycles. The van der Waals surface area contributed by atoms with Gasteiger partial charge in [-0.3, -0.25) is 4.79 Å². The molecule has 1 aromatic heterocycles. The van der Waals surface area contributed by atoms with Gasteiger partial charge in [-0.2, -0.15) is 11.3 Å². The fraction of sp³-hybridized carbons (Fsp3) is 0.583. The zero-order valence-corrected chi connectivity index (χ0v) is 12.2. The zero-order valence-electron chi connectivity index (χ0n) is 10.6. The second-order valence-electron chi connectivity index (χ2n) is 3.72. The molecule has 6 heteroatoms. The first kappa shape index (κ1) is 17.4. The minimum absolute atomic E-state index is 0. The molecular weight excluding hydrogens is 272 g/mol. The van der Waals surface area contributed by atoms with Gasteiger partial charge >= 0.3 is 0 Å². The normalized spacial score (nSPS) is 9.83. The van der Waals surface area contributed by atoms with Crippen LogP contribution in [-0.4, -0.2) is 39.3 Å². The smallest absolute Gasteiger partial charge is 0.220 e. The first-order valence-corrected chi connectivity index (χ1v) is 6.74. The molecule has 0 aliphatic rings. The lowest BCUT2D eigenvalue weighted by molar-refractivity contribution is -0.121. The maximum atomic E-state index is 11.5. The second-order valence-corrected chi connectivity index (χ2v) is 4.50. The van der Waals surface area contributed by atoms with Crippen LogP contribution in [0.1, 0.15) is 12.0 Å². The van der Waals surface area contributed by atoms with Crippen molar-refractivity contribution in [1.82, 2.24) is 10.6 Å². The van der Waals surface area contributed by atoms with E-state index in [9.17, 15) is 4.79 Å². The van der Waals surface area contributed by atoms with Crippen LogP contribution in [0, 0.1) is 0 Å². The number of hydrogen-bond donors (Lipinski definition) is 2. The number of hydrogen-bond acceptors (Lipinski definition) is 4. The quantitative estimate of drug-likeness (QED) is 0.678. The van der Waals surface area contributed by atoms with Gasteiger partial charge in [0.2, 0.25) is 5.91 Å². The minimum atomic E-state index is 0. The van der Waals surface area contributed by atoms with E-state index in [4.69, 9.17) is 4.74 Å².